The molecule has 2 rings (SSSR count). The molecule has 0 bridgehead atoms. The maximum Gasteiger partial charge on any atom is 0.191 e. The van der Waals surface area contributed by atoms with Gasteiger partial charge in [-0.25, -0.2) is 4.98 Å². The van der Waals surface area contributed by atoms with Crippen molar-refractivity contribution in [2.45, 2.75) is 45.2 Å². The Morgan fingerprint density at radius 1 is 1.40 bits per heavy atom. The second kappa shape index (κ2) is 7.72. The van der Waals surface area contributed by atoms with Gasteiger partial charge in [-0.2, -0.15) is 0 Å². The van der Waals surface area contributed by atoms with Crippen LogP contribution in [-0.2, 0) is 6.54 Å². The average molecular weight is 275 g/mol. The highest BCUT2D eigenvalue weighted by Crippen LogP contribution is 2.08. The summed E-state index contributed by atoms with van der Waals surface area (Å²) in [6.07, 6.45) is 12.8. The quantitative estimate of drug-likeness (QED) is 0.360. The van der Waals surface area contributed by atoms with Gasteiger partial charge in [-0.1, -0.05) is 12.2 Å². The van der Waals surface area contributed by atoms with Crippen LogP contribution in [0.3, 0.4) is 0 Å². The lowest BCUT2D eigenvalue weighted by Gasteiger charge is -2.16. The molecule has 1 aromatic heterocycles. The van der Waals surface area contributed by atoms with Crippen molar-refractivity contribution < 1.29 is 0 Å². The zero-order valence-electron chi connectivity index (χ0n) is 12.5. The number of aromatic nitrogens is 2. The van der Waals surface area contributed by atoms with Gasteiger partial charge in [0.2, 0.25) is 0 Å². The van der Waals surface area contributed by atoms with Crippen LogP contribution in [0.4, 0.5) is 0 Å². The lowest BCUT2D eigenvalue weighted by atomic mass is 10.2. The number of nitrogens with one attached hydrogen (secondary N) is 2. The number of guanidine groups is 1. The van der Waals surface area contributed by atoms with Gasteiger partial charge in [0.15, 0.2) is 5.96 Å². The minimum Gasteiger partial charge on any atom is -0.356 e. The molecule has 0 aliphatic heterocycles. The fraction of sp³-hybridized carbons (Fsp3) is 0.600. The van der Waals surface area contributed by atoms with E-state index < -0.39 is 0 Å². The van der Waals surface area contributed by atoms with E-state index in [9.17, 15) is 0 Å². The molecule has 5 nitrogen and oxygen atoms in total. The van der Waals surface area contributed by atoms with Crippen LogP contribution >= 0.6 is 0 Å². The number of aliphatic imine (C=N–C) groups is 1. The topological polar surface area (TPSA) is 54.2 Å². The molecule has 0 amide bonds. The number of rotatable bonds is 6. The maximum absolute atomic E-state index is 4.26. The molecule has 1 aliphatic rings. The Bertz CT molecular complexity index is 453. The first kappa shape index (κ1) is 14.6. The molecule has 110 valence electrons. The summed E-state index contributed by atoms with van der Waals surface area (Å²) < 4.78 is 2.19. The van der Waals surface area contributed by atoms with Gasteiger partial charge in [-0.05, 0) is 32.6 Å². The molecule has 1 aromatic rings. The highest BCUT2D eigenvalue weighted by Gasteiger charge is 2.10. The van der Waals surface area contributed by atoms with Crippen molar-refractivity contribution in [3.63, 3.8) is 0 Å². The third-order valence-corrected chi connectivity index (χ3v) is 3.61. The fourth-order valence-corrected chi connectivity index (χ4v) is 2.38. The van der Waals surface area contributed by atoms with Crippen LogP contribution < -0.4 is 10.6 Å². The number of hydrogen-bond acceptors (Lipinski definition) is 2. The number of nitrogens with zero attached hydrogens (tertiary/aromatic N) is 3. The van der Waals surface area contributed by atoms with Gasteiger partial charge in [-0.15, -0.1) is 0 Å². The molecular weight excluding hydrogens is 250 g/mol. The van der Waals surface area contributed by atoms with Crippen LogP contribution in [-0.4, -0.2) is 35.1 Å². The summed E-state index contributed by atoms with van der Waals surface area (Å²) in [5, 5.41) is 6.82. The molecule has 2 N–H and O–H groups in total. The van der Waals surface area contributed by atoms with Gasteiger partial charge in [0, 0.05) is 38.6 Å². The molecule has 1 aliphatic carbocycles. The first-order chi connectivity index (χ1) is 9.79. The van der Waals surface area contributed by atoms with Gasteiger partial charge in [0.05, 0.1) is 0 Å². The van der Waals surface area contributed by atoms with Crippen molar-refractivity contribution in [2.75, 3.05) is 13.6 Å². The van der Waals surface area contributed by atoms with E-state index in [-0.39, 0.29) is 0 Å². The van der Waals surface area contributed by atoms with Crippen LogP contribution in [0.15, 0.2) is 29.5 Å². The molecule has 20 heavy (non-hydrogen) atoms. The average Bonchev–Trinajstić information content (AvgIpc) is 3.09. The van der Waals surface area contributed by atoms with E-state index in [4.69, 9.17) is 0 Å². The van der Waals surface area contributed by atoms with Gasteiger partial charge < -0.3 is 15.2 Å². The van der Waals surface area contributed by atoms with E-state index in [1.165, 1.54) is 0 Å². The van der Waals surface area contributed by atoms with Crippen molar-refractivity contribution in [2.24, 2.45) is 4.99 Å². The van der Waals surface area contributed by atoms with Gasteiger partial charge in [0.25, 0.3) is 0 Å². The van der Waals surface area contributed by atoms with E-state index in [1.54, 1.807) is 0 Å². The highest BCUT2D eigenvalue weighted by molar-refractivity contribution is 5.80. The summed E-state index contributed by atoms with van der Waals surface area (Å²) in [6, 6.07) is 0.509. The largest absolute Gasteiger partial charge is 0.356 e. The normalized spacial score (nSPS) is 15.8. The van der Waals surface area contributed by atoms with Crippen LogP contribution in [0, 0.1) is 6.92 Å². The number of imidazole rings is 1. The van der Waals surface area contributed by atoms with Crippen molar-refractivity contribution in [3.8, 4) is 0 Å². The second-order valence-electron chi connectivity index (χ2n) is 5.16. The SMILES string of the molecule is CN=C(NCCCCn1ccnc1C)NC1CC=CC1. The predicted octanol–water partition coefficient (Wildman–Crippen LogP) is 1.86. The molecule has 0 fully saturated rings. The summed E-state index contributed by atoms with van der Waals surface area (Å²) in [7, 11) is 1.83. The fourth-order valence-electron chi connectivity index (χ4n) is 2.38. The third-order valence-electron chi connectivity index (χ3n) is 3.61. The smallest absolute Gasteiger partial charge is 0.191 e. The zero-order valence-corrected chi connectivity index (χ0v) is 12.5. The Balaban J connectivity index is 1.58. The number of hydrogen-bond donors (Lipinski definition) is 2. The molecule has 0 saturated heterocycles. The molecule has 0 aromatic carbocycles. The molecule has 1 heterocycles. The Kier molecular flexibility index (Phi) is 5.65. The lowest BCUT2D eigenvalue weighted by molar-refractivity contribution is 0.581. The van der Waals surface area contributed by atoms with Gasteiger partial charge >= 0.3 is 0 Å². The third kappa shape index (κ3) is 4.40. The molecule has 0 unspecified atom stereocenters. The minimum atomic E-state index is 0.509. The zero-order chi connectivity index (χ0) is 14.2. The summed E-state index contributed by atoms with van der Waals surface area (Å²) in [5.74, 6) is 2.00. The summed E-state index contributed by atoms with van der Waals surface area (Å²) in [5.41, 5.74) is 0. The number of unbranched alkanes of at least 4 members (excludes halogenated alkanes) is 1. The molecule has 0 radical (unpaired) electrons. The predicted molar refractivity (Wildman–Crippen MR) is 82.9 cm³/mol. The molecule has 5 heteroatoms. The second-order valence-corrected chi connectivity index (χ2v) is 5.16. The van der Waals surface area contributed by atoms with Crippen LogP contribution in [0.5, 0.6) is 0 Å². The maximum atomic E-state index is 4.26. The Labute approximate surface area is 121 Å². The molecule has 0 spiro atoms. The Morgan fingerprint density at radius 3 is 2.85 bits per heavy atom. The Morgan fingerprint density at radius 2 is 2.20 bits per heavy atom. The standard InChI is InChI=1S/C15H25N5/c1-13-17-10-12-20(13)11-6-5-9-18-15(16-2)19-14-7-3-4-8-14/h3-4,10,12,14H,5-9,11H2,1-2H3,(H2,16,18,19). The summed E-state index contributed by atoms with van der Waals surface area (Å²) >= 11 is 0. The highest BCUT2D eigenvalue weighted by atomic mass is 15.2. The monoisotopic (exact) mass is 275 g/mol. The summed E-state index contributed by atoms with van der Waals surface area (Å²) in [6.45, 7) is 4.03. The van der Waals surface area contributed by atoms with E-state index >= 15 is 0 Å². The van der Waals surface area contributed by atoms with E-state index in [0.29, 0.717) is 6.04 Å². The van der Waals surface area contributed by atoms with Crippen LogP contribution in [0.25, 0.3) is 0 Å². The summed E-state index contributed by atoms with van der Waals surface area (Å²) in [4.78, 5) is 8.49. The molecule has 0 atom stereocenters. The van der Waals surface area contributed by atoms with Crippen molar-refractivity contribution in [1.29, 1.82) is 0 Å². The van der Waals surface area contributed by atoms with E-state index in [2.05, 4.69) is 37.3 Å². The van der Waals surface area contributed by atoms with Crippen LogP contribution in [0.1, 0.15) is 31.5 Å². The minimum absolute atomic E-state index is 0.509. The number of aryl methyl sites for hydroxylation is 2. The first-order valence-electron chi connectivity index (χ1n) is 7.39. The van der Waals surface area contributed by atoms with E-state index in [1.807, 2.05) is 26.4 Å². The Hall–Kier alpha value is -1.78. The molecular formula is C15H25N5. The van der Waals surface area contributed by atoms with Gasteiger partial charge in [-0.3, -0.25) is 4.99 Å². The molecule has 0 saturated carbocycles. The van der Waals surface area contributed by atoms with Crippen molar-refractivity contribution in [3.05, 3.63) is 30.4 Å². The van der Waals surface area contributed by atoms with Crippen LogP contribution in [0.2, 0.25) is 0 Å². The lowest BCUT2D eigenvalue weighted by Crippen LogP contribution is -2.42. The van der Waals surface area contributed by atoms with Gasteiger partial charge in [0.1, 0.15) is 5.82 Å². The van der Waals surface area contributed by atoms with E-state index in [0.717, 1.165) is 50.6 Å². The van der Waals surface area contributed by atoms with Crippen molar-refractivity contribution >= 4 is 5.96 Å². The van der Waals surface area contributed by atoms with Crippen molar-refractivity contribution in [1.82, 2.24) is 20.2 Å². The first-order valence-corrected chi connectivity index (χ1v) is 7.39.